The second-order valence-corrected chi connectivity index (χ2v) is 5.64. The third kappa shape index (κ3) is 3.05. The summed E-state index contributed by atoms with van der Waals surface area (Å²) in [5, 5.41) is 7.12. The molecule has 1 heterocycles. The maximum absolute atomic E-state index is 4.68. The van der Waals surface area contributed by atoms with E-state index >= 15 is 0 Å². The Kier molecular flexibility index (Phi) is 4.93. The molecule has 0 aliphatic heterocycles. The number of aromatic nitrogens is 1. The first-order chi connectivity index (χ1) is 7.54. The fraction of sp³-hybridized carbons (Fsp3) is 0.769. The van der Waals surface area contributed by atoms with Gasteiger partial charge in [-0.25, -0.2) is 4.98 Å². The van der Waals surface area contributed by atoms with Gasteiger partial charge in [0.25, 0.3) is 0 Å². The van der Waals surface area contributed by atoms with Crippen LogP contribution in [-0.4, -0.2) is 11.0 Å². The molecule has 0 aromatic carbocycles. The fourth-order valence-electron chi connectivity index (χ4n) is 2.22. The quantitative estimate of drug-likeness (QED) is 0.817. The third-order valence-corrected chi connectivity index (χ3v) is 4.04. The molecule has 2 nitrogen and oxygen atoms in total. The largest absolute Gasteiger partial charge is 0.303 e. The van der Waals surface area contributed by atoms with Crippen LogP contribution in [-0.2, 0) is 5.54 Å². The summed E-state index contributed by atoms with van der Waals surface area (Å²) in [7, 11) is 0. The molecular weight excluding hydrogens is 216 g/mol. The van der Waals surface area contributed by atoms with E-state index in [1.54, 1.807) is 11.3 Å². The number of thiazole rings is 1. The summed E-state index contributed by atoms with van der Waals surface area (Å²) in [6.07, 6.45) is 3.45. The Morgan fingerprint density at radius 3 is 2.50 bits per heavy atom. The lowest BCUT2D eigenvalue weighted by Crippen LogP contribution is -2.45. The summed E-state index contributed by atoms with van der Waals surface area (Å²) in [5.74, 6) is 0. The zero-order chi connectivity index (χ0) is 12.2. The average molecular weight is 240 g/mol. The normalized spacial score (nSPS) is 15.4. The van der Waals surface area contributed by atoms with E-state index in [-0.39, 0.29) is 5.54 Å². The molecule has 1 rings (SSSR count). The fourth-order valence-corrected chi connectivity index (χ4v) is 3.29. The van der Waals surface area contributed by atoms with E-state index in [1.807, 2.05) is 0 Å². The minimum absolute atomic E-state index is 0.0852. The van der Waals surface area contributed by atoms with Crippen LogP contribution in [0.25, 0.3) is 0 Å². The predicted octanol–water partition coefficient (Wildman–Crippen LogP) is 3.85. The lowest BCUT2D eigenvalue weighted by molar-refractivity contribution is 0.269. The molecule has 92 valence electrons. The molecule has 0 amide bonds. The minimum Gasteiger partial charge on any atom is -0.303 e. The number of nitrogens with zero attached hydrogens (tertiary/aromatic N) is 1. The van der Waals surface area contributed by atoms with Crippen LogP contribution in [0.4, 0.5) is 0 Å². The van der Waals surface area contributed by atoms with Crippen LogP contribution in [0, 0.1) is 6.92 Å². The van der Waals surface area contributed by atoms with Gasteiger partial charge in [0.2, 0.25) is 0 Å². The first-order valence-corrected chi connectivity index (χ1v) is 7.12. The van der Waals surface area contributed by atoms with Crippen molar-refractivity contribution >= 4 is 11.3 Å². The van der Waals surface area contributed by atoms with Crippen molar-refractivity contribution in [1.82, 2.24) is 10.3 Å². The summed E-state index contributed by atoms with van der Waals surface area (Å²) < 4.78 is 0. The van der Waals surface area contributed by atoms with Crippen LogP contribution in [0.1, 0.15) is 57.7 Å². The highest BCUT2D eigenvalue weighted by atomic mass is 32.1. The van der Waals surface area contributed by atoms with Crippen molar-refractivity contribution in [1.29, 1.82) is 0 Å². The molecule has 0 spiro atoms. The Bertz CT molecular complexity index is 319. The van der Waals surface area contributed by atoms with Crippen molar-refractivity contribution in [3.05, 3.63) is 16.1 Å². The van der Waals surface area contributed by atoms with Gasteiger partial charge in [-0.2, -0.15) is 0 Å². The van der Waals surface area contributed by atoms with Gasteiger partial charge < -0.3 is 5.32 Å². The molecule has 0 aliphatic carbocycles. The summed E-state index contributed by atoms with van der Waals surface area (Å²) in [6, 6.07) is 0.496. The standard InChI is InChI=1S/C13H24N2S/c1-6-8-13(7-2,15-10(3)4)12-14-11(5)9-16-12/h9-10,15H,6-8H2,1-5H3. The van der Waals surface area contributed by atoms with Gasteiger partial charge in [-0.15, -0.1) is 11.3 Å². The molecule has 1 aromatic rings. The Labute approximate surface area is 103 Å². The molecule has 16 heavy (non-hydrogen) atoms. The van der Waals surface area contributed by atoms with Gasteiger partial charge in [-0.3, -0.25) is 0 Å². The van der Waals surface area contributed by atoms with Crippen LogP contribution in [0.15, 0.2) is 5.38 Å². The summed E-state index contributed by atoms with van der Waals surface area (Å²) in [6.45, 7) is 11.0. The molecular formula is C13H24N2S. The second kappa shape index (κ2) is 5.78. The van der Waals surface area contributed by atoms with E-state index in [2.05, 4.69) is 50.3 Å². The number of aryl methyl sites for hydroxylation is 1. The number of hydrogen-bond acceptors (Lipinski definition) is 3. The Hall–Kier alpha value is -0.410. The lowest BCUT2D eigenvalue weighted by Gasteiger charge is -2.34. The molecule has 1 aromatic heterocycles. The van der Waals surface area contributed by atoms with E-state index in [9.17, 15) is 0 Å². The maximum Gasteiger partial charge on any atom is 0.113 e. The van der Waals surface area contributed by atoms with Gasteiger partial charge in [0.15, 0.2) is 0 Å². The van der Waals surface area contributed by atoms with Crippen molar-refractivity contribution in [2.24, 2.45) is 0 Å². The highest BCUT2D eigenvalue weighted by Crippen LogP contribution is 2.33. The van der Waals surface area contributed by atoms with Crippen molar-refractivity contribution in [2.75, 3.05) is 0 Å². The third-order valence-electron chi connectivity index (χ3n) is 2.87. The van der Waals surface area contributed by atoms with Gasteiger partial charge in [-0.05, 0) is 33.6 Å². The summed E-state index contributed by atoms with van der Waals surface area (Å²) >= 11 is 1.79. The zero-order valence-corrected chi connectivity index (χ0v) is 11.9. The first-order valence-electron chi connectivity index (χ1n) is 6.24. The zero-order valence-electron chi connectivity index (χ0n) is 11.1. The molecule has 1 unspecified atom stereocenters. The SMILES string of the molecule is CCCC(CC)(NC(C)C)c1nc(C)cs1. The van der Waals surface area contributed by atoms with Gasteiger partial charge in [0.1, 0.15) is 5.01 Å². The molecule has 1 atom stereocenters. The van der Waals surface area contributed by atoms with E-state index in [0.717, 1.165) is 18.5 Å². The minimum atomic E-state index is 0.0852. The smallest absolute Gasteiger partial charge is 0.113 e. The van der Waals surface area contributed by atoms with E-state index in [1.165, 1.54) is 11.4 Å². The van der Waals surface area contributed by atoms with Gasteiger partial charge in [-0.1, -0.05) is 20.3 Å². The first kappa shape index (κ1) is 13.7. The van der Waals surface area contributed by atoms with Crippen LogP contribution in [0.3, 0.4) is 0 Å². The van der Waals surface area contributed by atoms with Crippen LogP contribution in [0.5, 0.6) is 0 Å². The Balaban J connectivity index is 3.00. The van der Waals surface area contributed by atoms with Crippen molar-refractivity contribution < 1.29 is 0 Å². The number of hydrogen-bond donors (Lipinski definition) is 1. The Morgan fingerprint density at radius 1 is 1.44 bits per heavy atom. The van der Waals surface area contributed by atoms with Crippen molar-refractivity contribution in [2.45, 2.75) is 65.5 Å². The van der Waals surface area contributed by atoms with Gasteiger partial charge in [0, 0.05) is 17.1 Å². The summed E-state index contributed by atoms with van der Waals surface area (Å²) in [5.41, 5.74) is 1.22. The van der Waals surface area contributed by atoms with E-state index in [4.69, 9.17) is 0 Å². The molecule has 0 aliphatic rings. The number of rotatable bonds is 6. The van der Waals surface area contributed by atoms with Crippen molar-refractivity contribution in [3.8, 4) is 0 Å². The molecule has 0 radical (unpaired) electrons. The molecule has 0 fully saturated rings. The molecule has 1 N–H and O–H groups in total. The highest BCUT2D eigenvalue weighted by Gasteiger charge is 2.32. The predicted molar refractivity (Wildman–Crippen MR) is 72.0 cm³/mol. The monoisotopic (exact) mass is 240 g/mol. The number of nitrogens with one attached hydrogen (secondary N) is 1. The maximum atomic E-state index is 4.68. The van der Waals surface area contributed by atoms with Gasteiger partial charge >= 0.3 is 0 Å². The van der Waals surface area contributed by atoms with Crippen LogP contribution in [0.2, 0.25) is 0 Å². The average Bonchev–Trinajstić information content (AvgIpc) is 2.64. The van der Waals surface area contributed by atoms with Crippen molar-refractivity contribution in [3.63, 3.8) is 0 Å². The van der Waals surface area contributed by atoms with E-state index in [0.29, 0.717) is 6.04 Å². The molecule has 0 saturated heterocycles. The molecule has 0 saturated carbocycles. The van der Waals surface area contributed by atoms with E-state index < -0.39 is 0 Å². The topological polar surface area (TPSA) is 24.9 Å². The second-order valence-electron chi connectivity index (χ2n) is 4.78. The Morgan fingerprint density at radius 2 is 2.12 bits per heavy atom. The summed E-state index contributed by atoms with van der Waals surface area (Å²) in [4.78, 5) is 4.68. The highest BCUT2D eigenvalue weighted by molar-refractivity contribution is 7.09. The lowest BCUT2D eigenvalue weighted by atomic mass is 9.90. The molecule has 3 heteroatoms. The van der Waals surface area contributed by atoms with Crippen LogP contribution < -0.4 is 5.32 Å². The molecule has 0 bridgehead atoms. The van der Waals surface area contributed by atoms with Crippen LogP contribution >= 0.6 is 11.3 Å². The van der Waals surface area contributed by atoms with Gasteiger partial charge in [0.05, 0.1) is 5.54 Å².